The minimum atomic E-state index is 0. The molecule has 112 valence electrons. The van der Waals surface area contributed by atoms with Crippen molar-refractivity contribution in [2.45, 2.75) is 25.8 Å². The predicted octanol–water partition coefficient (Wildman–Crippen LogP) is 2.51. The van der Waals surface area contributed by atoms with E-state index >= 15 is 0 Å². The summed E-state index contributed by atoms with van der Waals surface area (Å²) in [6, 6.07) is 6.03. The van der Waals surface area contributed by atoms with Crippen molar-refractivity contribution in [1.82, 2.24) is 4.90 Å². The van der Waals surface area contributed by atoms with Gasteiger partial charge in [0.2, 0.25) is 5.91 Å². The van der Waals surface area contributed by atoms with E-state index in [1.54, 1.807) is 0 Å². The SMILES string of the molecule is Cc1ccc(OCCC(=O)N2CC[C@@H](N)C2)c(Br)c1.Cl. The van der Waals surface area contributed by atoms with Crippen molar-refractivity contribution in [2.24, 2.45) is 5.73 Å². The summed E-state index contributed by atoms with van der Waals surface area (Å²) in [7, 11) is 0. The van der Waals surface area contributed by atoms with Crippen LogP contribution in [-0.2, 0) is 4.79 Å². The lowest BCUT2D eigenvalue weighted by atomic mass is 10.2. The van der Waals surface area contributed by atoms with Crippen molar-refractivity contribution in [2.75, 3.05) is 19.7 Å². The average Bonchev–Trinajstić information content (AvgIpc) is 2.78. The van der Waals surface area contributed by atoms with Crippen molar-refractivity contribution >= 4 is 34.2 Å². The van der Waals surface area contributed by atoms with Crippen molar-refractivity contribution < 1.29 is 9.53 Å². The number of nitrogens with zero attached hydrogens (tertiary/aromatic N) is 1. The predicted molar refractivity (Wildman–Crippen MR) is 85.4 cm³/mol. The molecule has 0 aromatic heterocycles. The Morgan fingerprint density at radius 2 is 2.30 bits per heavy atom. The first-order chi connectivity index (χ1) is 9.06. The molecule has 20 heavy (non-hydrogen) atoms. The van der Waals surface area contributed by atoms with Gasteiger partial charge in [0.1, 0.15) is 5.75 Å². The van der Waals surface area contributed by atoms with Gasteiger partial charge in [-0.15, -0.1) is 12.4 Å². The largest absolute Gasteiger partial charge is 0.492 e. The van der Waals surface area contributed by atoms with E-state index in [4.69, 9.17) is 10.5 Å². The van der Waals surface area contributed by atoms with Gasteiger partial charge in [0.15, 0.2) is 0 Å². The Kier molecular flexibility index (Phi) is 6.79. The molecule has 0 bridgehead atoms. The number of hydrogen-bond donors (Lipinski definition) is 1. The zero-order valence-electron chi connectivity index (χ0n) is 11.5. The number of likely N-dealkylation sites (tertiary alicyclic amines) is 1. The number of amides is 1. The molecule has 0 saturated carbocycles. The van der Waals surface area contributed by atoms with Crippen molar-refractivity contribution in [3.8, 4) is 5.75 Å². The van der Waals surface area contributed by atoms with Crippen LogP contribution in [0.5, 0.6) is 5.75 Å². The zero-order valence-corrected chi connectivity index (χ0v) is 13.9. The van der Waals surface area contributed by atoms with Gasteiger partial charge in [0.25, 0.3) is 0 Å². The van der Waals surface area contributed by atoms with E-state index in [0.717, 1.165) is 23.2 Å². The summed E-state index contributed by atoms with van der Waals surface area (Å²) in [5, 5.41) is 0. The van der Waals surface area contributed by atoms with Gasteiger partial charge >= 0.3 is 0 Å². The minimum absolute atomic E-state index is 0. The third-order valence-corrected chi connectivity index (χ3v) is 3.86. The topological polar surface area (TPSA) is 55.6 Å². The van der Waals surface area contributed by atoms with Crippen LogP contribution in [0.2, 0.25) is 0 Å². The number of carbonyl (C=O) groups is 1. The summed E-state index contributed by atoms with van der Waals surface area (Å²) < 4.78 is 6.54. The summed E-state index contributed by atoms with van der Waals surface area (Å²) in [4.78, 5) is 13.7. The maximum absolute atomic E-state index is 11.9. The number of halogens is 2. The van der Waals surface area contributed by atoms with E-state index in [9.17, 15) is 4.79 Å². The van der Waals surface area contributed by atoms with Crippen LogP contribution in [0.25, 0.3) is 0 Å². The van der Waals surface area contributed by atoms with Crippen LogP contribution in [0.1, 0.15) is 18.4 Å². The van der Waals surface area contributed by atoms with E-state index in [1.807, 2.05) is 30.0 Å². The van der Waals surface area contributed by atoms with Gasteiger partial charge < -0.3 is 15.4 Å². The van der Waals surface area contributed by atoms with Gasteiger partial charge in [-0.05, 0) is 47.0 Å². The third-order valence-electron chi connectivity index (χ3n) is 3.24. The number of hydrogen-bond acceptors (Lipinski definition) is 3. The molecule has 1 aliphatic heterocycles. The second-order valence-electron chi connectivity index (χ2n) is 4.92. The molecule has 2 rings (SSSR count). The minimum Gasteiger partial charge on any atom is -0.492 e. The normalized spacial score (nSPS) is 17.8. The summed E-state index contributed by atoms with van der Waals surface area (Å²) in [5.41, 5.74) is 6.95. The van der Waals surface area contributed by atoms with Crippen LogP contribution >= 0.6 is 28.3 Å². The lowest BCUT2D eigenvalue weighted by molar-refractivity contribution is -0.130. The van der Waals surface area contributed by atoms with E-state index in [-0.39, 0.29) is 24.4 Å². The van der Waals surface area contributed by atoms with E-state index in [2.05, 4.69) is 15.9 Å². The third kappa shape index (κ3) is 4.65. The molecule has 0 radical (unpaired) electrons. The molecule has 6 heteroatoms. The lowest BCUT2D eigenvalue weighted by Crippen LogP contribution is -2.32. The first-order valence-electron chi connectivity index (χ1n) is 6.48. The highest BCUT2D eigenvalue weighted by atomic mass is 79.9. The van der Waals surface area contributed by atoms with Crippen LogP contribution in [0.3, 0.4) is 0 Å². The maximum Gasteiger partial charge on any atom is 0.226 e. The molecule has 1 fully saturated rings. The molecular formula is C14H20BrClN2O2. The summed E-state index contributed by atoms with van der Waals surface area (Å²) >= 11 is 3.45. The van der Waals surface area contributed by atoms with Crippen LogP contribution in [0.4, 0.5) is 0 Å². The monoisotopic (exact) mass is 362 g/mol. The van der Waals surface area contributed by atoms with E-state index < -0.39 is 0 Å². The van der Waals surface area contributed by atoms with Crippen molar-refractivity contribution in [3.63, 3.8) is 0 Å². The molecule has 1 aromatic carbocycles. The van der Waals surface area contributed by atoms with Gasteiger partial charge in [-0.3, -0.25) is 4.79 Å². The molecular weight excluding hydrogens is 344 g/mol. The Morgan fingerprint density at radius 1 is 1.55 bits per heavy atom. The zero-order chi connectivity index (χ0) is 13.8. The molecule has 1 amide bonds. The fourth-order valence-corrected chi connectivity index (χ4v) is 2.75. The van der Waals surface area contributed by atoms with Crippen LogP contribution in [0, 0.1) is 6.92 Å². The van der Waals surface area contributed by atoms with Crippen molar-refractivity contribution in [3.05, 3.63) is 28.2 Å². The molecule has 1 aromatic rings. The fourth-order valence-electron chi connectivity index (χ4n) is 2.14. The highest BCUT2D eigenvalue weighted by molar-refractivity contribution is 9.10. The Balaban J connectivity index is 0.00000200. The second-order valence-corrected chi connectivity index (χ2v) is 5.78. The lowest BCUT2D eigenvalue weighted by Gasteiger charge is -2.16. The molecule has 4 nitrogen and oxygen atoms in total. The highest BCUT2D eigenvalue weighted by Crippen LogP contribution is 2.25. The van der Waals surface area contributed by atoms with Gasteiger partial charge in [-0.1, -0.05) is 6.07 Å². The van der Waals surface area contributed by atoms with Crippen molar-refractivity contribution in [1.29, 1.82) is 0 Å². The quantitative estimate of drug-likeness (QED) is 0.894. The van der Waals surface area contributed by atoms with Crippen LogP contribution in [0.15, 0.2) is 22.7 Å². The standard InChI is InChI=1S/C14H19BrN2O2.ClH/c1-10-2-3-13(12(15)8-10)19-7-5-14(18)17-6-4-11(16)9-17;/h2-3,8,11H,4-7,9,16H2,1H3;1H/t11-;/m1./s1. The Bertz CT molecular complexity index is 470. The molecule has 0 aliphatic carbocycles. The molecule has 2 N–H and O–H groups in total. The summed E-state index contributed by atoms with van der Waals surface area (Å²) in [6.45, 7) is 3.86. The highest BCUT2D eigenvalue weighted by Gasteiger charge is 2.23. The molecule has 0 spiro atoms. The molecule has 1 saturated heterocycles. The van der Waals surface area contributed by atoms with Gasteiger partial charge in [0, 0.05) is 19.1 Å². The smallest absolute Gasteiger partial charge is 0.226 e. The molecule has 1 aliphatic rings. The number of rotatable bonds is 4. The Morgan fingerprint density at radius 3 is 2.90 bits per heavy atom. The first-order valence-corrected chi connectivity index (χ1v) is 7.28. The van der Waals surface area contributed by atoms with E-state index in [0.29, 0.717) is 19.6 Å². The fraction of sp³-hybridized carbons (Fsp3) is 0.500. The van der Waals surface area contributed by atoms with Crippen LogP contribution in [-0.4, -0.2) is 36.5 Å². The molecule has 0 unspecified atom stereocenters. The van der Waals surface area contributed by atoms with E-state index in [1.165, 1.54) is 5.56 Å². The number of nitrogens with two attached hydrogens (primary N) is 1. The van der Waals surface area contributed by atoms with Gasteiger partial charge in [-0.2, -0.15) is 0 Å². The van der Waals surface area contributed by atoms with Gasteiger partial charge in [-0.25, -0.2) is 0 Å². The Hall–Kier alpha value is -0.780. The maximum atomic E-state index is 11.9. The van der Waals surface area contributed by atoms with Crippen LogP contribution < -0.4 is 10.5 Å². The first kappa shape index (κ1) is 17.3. The summed E-state index contributed by atoms with van der Waals surface area (Å²) in [6.07, 6.45) is 1.29. The number of carbonyl (C=O) groups excluding carboxylic acids is 1. The average molecular weight is 364 g/mol. The number of ether oxygens (including phenoxy) is 1. The molecule has 1 heterocycles. The second kappa shape index (κ2) is 7.86. The van der Waals surface area contributed by atoms with Gasteiger partial charge in [0.05, 0.1) is 17.5 Å². The summed E-state index contributed by atoms with van der Waals surface area (Å²) in [5.74, 6) is 0.896. The Labute approximate surface area is 134 Å². The number of benzene rings is 1. The number of aryl methyl sites for hydroxylation is 1. The molecule has 1 atom stereocenters.